The van der Waals surface area contributed by atoms with E-state index < -0.39 is 20.0 Å². The maximum atomic E-state index is 12.3. The third-order valence-corrected chi connectivity index (χ3v) is 9.44. The fourth-order valence-corrected chi connectivity index (χ4v) is 6.53. The monoisotopic (exact) mass is 407 g/mol. The van der Waals surface area contributed by atoms with Crippen molar-refractivity contribution in [2.75, 3.05) is 39.0 Å². The van der Waals surface area contributed by atoms with E-state index in [0.29, 0.717) is 51.5 Å². The molecule has 3 aliphatic rings. The molecule has 10 heteroatoms. The van der Waals surface area contributed by atoms with Crippen molar-refractivity contribution in [2.24, 2.45) is 11.8 Å². The van der Waals surface area contributed by atoms with Gasteiger partial charge in [-0.25, -0.2) is 25.4 Å². The summed E-state index contributed by atoms with van der Waals surface area (Å²) in [5.74, 6) is 0.162. The highest BCUT2D eigenvalue weighted by molar-refractivity contribution is 7.90. The van der Waals surface area contributed by atoms with Crippen LogP contribution in [0.1, 0.15) is 38.5 Å². The van der Waals surface area contributed by atoms with Gasteiger partial charge in [0.15, 0.2) is 0 Å². The summed E-state index contributed by atoms with van der Waals surface area (Å²) in [5, 5.41) is 2.83. The Morgan fingerprint density at radius 3 is 1.92 bits per heavy atom. The third kappa shape index (κ3) is 4.76. The first-order chi connectivity index (χ1) is 12.2. The molecule has 1 N–H and O–H groups in total. The van der Waals surface area contributed by atoms with Gasteiger partial charge in [-0.1, -0.05) is 0 Å². The highest BCUT2D eigenvalue weighted by atomic mass is 32.2. The van der Waals surface area contributed by atoms with Crippen molar-refractivity contribution in [1.82, 2.24) is 13.9 Å². The van der Waals surface area contributed by atoms with Crippen molar-refractivity contribution in [2.45, 2.75) is 43.8 Å². The molecule has 0 aromatic heterocycles. The molecular formula is C16H29N3O5S2. The molecule has 1 aliphatic carbocycles. The van der Waals surface area contributed by atoms with Gasteiger partial charge >= 0.3 is 0 Å². The number of hydrogen-bond acceptors (Lipinski definition) is 5. The van der Waals surface area contributed by atoms with E-state index >= 15 is 0 Å². The van der Waals surface area contributed by atoms with Crippen LogP contribution >= 0.6 is 0 Å². The van der Waals surface area contributed by atoms with Gasteiger partial charge < -0.3 is 5.32 Å². The first-order valence-corrected chi connectivity index (χ1v) is 12.7. The summed E-state index contributed by atoms with van der Waals surface area (Å²) in [4.78, 5) is 12.3. The Balaban J connectivity index is 1.38. The van der Waals surface area contributed by atoms with Crippen molar-refractivity contribution < 1.29 is 21.6 Å². The summed E-state index contributed by atoms with van der Waals surface area (Å²) in [6.07, 6.45) is 5.43. The summed E-state index contributed by atoms with van der Waals surface area (Å²) in [6.45, 7) is 2.46. The lowest BCUT2D eigenvalue weighted by Gasteiger charge is -2.32. The van der Waals surface area contributed by atoms with E-state index in [-0.39, 0.29) is 17.1 Å². The fourth-order valence-electron chi connectivity index (χ4n) is 3.78. The fraction of sp³-hybridized carbons (Fsp3) is 0.938. The highest BCUT2D eigenvalue weighted by Crippen LogP contribution is 2.33. The summed E-state index contributed by atoms with van der Waals surface area (Å²) >= 11 is 0. The number of rotatable bonds is 6. The number of nitrogens with zero attached hydrogens (tertiary/aromatic N) is 2. The van der Waals surface area contributed by atoms with Crippen LogP contribution in [0.4, 0.5) is 0 Å². The van der Waals surface area contributed by atoms with E-state index in [2.05, 4.69) is 5.32 Å². The Morgan fingerprint density at radius 2 is 1.42 bits per heavy atom. The zero-order valence-corrected chi connectivity index (χ0v) is 16.9. The average Bonchev–Trinajstić information content (AvgIpc) is 3.45. The van der Waals surface area contributed by atoms with E-state index in [1.807, 2.05) is 0 Å². The first kappa shape index (κ1) is 20.0. The lowest BCUT2D eigenvalue weighted by atomic mass is 9.95. The number of carbonyl (C=O) groups is 1. The maximum Gasteiger partial charge on any atom is 0.223 e. The molecule has 0 aromatic rings. The van der Waals surface area contributed by atoms with Crippen LogP contribution in [0.5, 0.6) is 0 Å². The van der Waals surface area contributed by atoms with E-state index in [1.165, 1.54) is 10.6 Å². The SMILES string of the molecule is CS(=O)(=O)N1CCC(C(=O)NCC2CCN(S(=O)(=O)C3CC3)CC2)CC1. The number of carbonyl (C=O) groups excluding carboxylic acids is 1. The van der Waals surface area contributed by atoms with Crippen LogP contribution in [0, 0.1) is 11.8 Å². The van der Waals surface area contributed by atoms with Gasteiger partial charge in [0.2, 0.25) is 26.0 Å². The Kier molecular flexibility index (Phi) is 5.96. The number of nitrogens with one attached hydrogen (secondary N) is 1. The van der Waals surface area contributed by atoms with Crippen LogP contribution in [0.2, 0.25) is 0 Å². The molecule has 0 radical (unpaired) electrons. The maximum absolute atomic E-state index is 12.3. The molecule has 2 saturated heterocycles. The summed E-state index contributed by atoms with van der Waals surface area (Å²) in [7, 11) is -6.26. The van der Waals surface area contributed by atoms with Gasteiger partial charge in [0.05, 0.1) is 11.5 Å². The molecule has 0 aromatic carbocycles. The van der Waals surface area contributed by atoms with Crippen molar-refractivity contribution in [3.63, 3.8) is 0 Å². The lowest BCUT2D eigenvalue weighted by Crippen LogP contribution is -2.45. The minimum Gasteiger partial charge on any atom is -0.356 e. The number of piperidine rings is 2. The molecule has 8 nitrogen and oxygen atoms in total. The zero-order chi connectivity index (χ0) is 18.9. The normalized spacial score (nSPS) is 25.3. The molecule has 0 unspecified atom stereocenters. The lowest BCUT2D eigenvalue weighted by molar-refractivity contribution is -0.126. The molecule has 0 bridgehead atoms. The molecule has 3 rings (SSSR count). The van der Waals surface area contributed by atoms with Crippen molar-refractivity contribution >= 4 is 26.0 Å². The molecule has 26 heavy (non-hydrogen) atoms. The predicted octanol–water partition coefficient (Wildman–Crippen LogP) is -0.0216. The summed E-state index contributed by atoms with van der Waals surface area (Å²) in [6, 6.07) is 0. The molecule has 150 valence electrons. The van der Waals surface area contributed by atoms with Gasteiger partial charge in [0.1, 0.15) is 0 Å². The summed E-state index contributed by atoms with van der Waals surface area (Å²) in [5.41, 5.74) is 0. The van der Waals surface area contributed by atoms with Crippen molar-refractivity contribution in [3.05, 3.63) is 0 Å². The van der Waals surface area contributed by atoms with Crippen LogP contribution < -0.4 is 5.32 Å². The Bertz CT molecular complexity index is 717. The van der Waals surface area contributed by atoms with E-state index in [9.17, 15) is 21.6 Å². The van der Waals surface area contributed by atoms with Crippen LogP contribution in [0.15, 0.2) is 0 Å². The Labute approximate surface area is 156 Å². The molecule has 2 heterocycles. The molecule has 0 spiro atoms. The number of sulfonamides is 2. The van der Waals surface area contributed by atoms with Crippen LogP contribution in [-0.2, 0) is 24.8 Å². The van der Waals surface area contributed by atoms with E-state index in [0.717, 1.165) is 25.7 Å². The van der Waals surface area contributed by atoms with Gasteiger partial charge in [-0.05, 0) is 44.4 Å². The Hall–Kier alpha value is -0.710. The smallest absolute Gasteiger partial charge is 0.223 e. The second-order valence-electron chi connectivity index (χ2n) is 7.77. The quantitative estimate of drug-likeness (QED) is 0.666. The number of amides is 1. The number of hydrogen-bond donors (Lipinski definition) is 1. The van der Waals surface area contributed by atoms with Crippen molar-refractivity contribution in [3.8, 4) is 0 Å². The second-order valence-corrected chi connectivity index (χ2v) is 12.0. The van der Waals surface area contributed by atoms with Gasteiger partial charge in [-0.15, -0.1) is 0 Å². The van der Waals surface area contributed by atoms with Crippen molar-refractivity contribution in [1.29, 1.82) is 0 Å². The van der Waals surface area contributed by atoms with Gasteiger partial charge in [-0.3, -0.25) is 4.79 Å². The molecular weight excluding hydrogens is 378 g/mol. The van der Waals surface area contributed by atoms with Gasteiger partial charge in [-0.2, -0.15) is 0 Å². The molecule has 1 amide bonds. The molecule has 1 saturated carbocycles. The minimum absolute atomic E-state index is 0.00816. The zero-order valence-electron chi connectivity index (χ0n) is 15.3. The predicted molar refractivity (Wildman–Crippen MR) is 98.4 cm³/mol. The molecule has 3 fully saturated rings. The standard InChI is InChI=1S/C16H29N3O5S2/c1-25(21,22)18-10-6-14(7-11-18)16(20)17-12-13-4-8-19(9-5-13)26(23,24)15-2-3-15/h13-15H,2-12H2,1H3,(H,17,20). The van der Waals surface area contributed by atoms with Gasteiger partial charge in [0.25, 0.3) is 0 Å². The highest BCUT2D eigenvalue weighted by Gasteiger charge is 2.41. The third-order valence-electron chi connectivity index (χ3n) is 5.74. The van der Waals surface area contributed by atoms with Crippen LogP contribution in [-0.4, -0.2) is 75.6 Å². The van der Waals surface area contributed by atoms with E-state index in [1.54, 1.807) is 4.31 Å². The molecule has 2 aliphatic heterocycles. The topological polar surface area (TPSA) is 104 Å². The molecule has 0 atom stereocenters. The average molecular weight is 408 g/mol. The van der Waals surface area contributed by atoms with E-state index in [4.69, 9.17) is 0 Å². The first-order valence-electron chi connectivity index (χ1n) is 9.39. The second kappa shape index (κ2) is 7.73. The Morgan fingerprint density at radius 1 is 0.885 bits per heavy atom. The van der Waals surface area contributed by atoms with Crippen LogP contribution in [0.3, 0.4) is 0 Å². The van der Waals surface area contributed by atoms with Crippen LogP contribution in [0.25, 0.3) is 0 Å². The summed E-state index contributed by atoms with van der Waals surface area (Å²) < 4.78 is 50.5. The largest absolute Gasteiger partial charge is 0.356 e. The minimum atomic E-state index is -3.18. The van der Waals surface area contributed by atoms with Gasteiger partial charge in [0, 0.05) is 38.6 Å².